The van der Waals surface area contributed by atoms with Crippen LogP contribution in [0.5, 0.6) is 0 Å². The molecule has 1 aromatic carbocycles. The van der Waals surface area contributed by atoms with Crippen molar-refractivity contribution in [2.45, 2.75) is 96.5 Å². The lowest BCUT2D eigenvalue weighted by molar-refractivity contribution is -0.144. The standard InChI is InChI=1S/C29H40N8O3/c1-6-22(25(37-17-30-16-31-37)20-9-7-18(2)8-10-20)32-27(39)24-13-21(38)14-35(24)28(40)26(29(3,4)5)36-15-23(33-34-36)19-11-12-19/h7-10,15-17,19,21-22,24-26,38H,6,11-14H2,1-5H3,(H,32,39)/t21?,22?,24?,25?,26-/m1/s1. The van der Waals surface area contributed by atoms with E-state index in [-0.39, 0.29) is 36.9 Å². The lowest BCUT2D eigenvalue weighted by atomic mass is 9.85. The molecule has 5 atom stereocenters. The van der Waals surface area contributed by atoms with Crippen LogP contribution in [0.3, 0.4) is 0 Å². The number of hydrogen-bond donors (Lipinski definition) is 2. The molecule has 1 aliphatic heterocycles. The molecule has 0 radical (unpaired) electrons. The molecule has 1 aliphatic carbocycles. The average molecular weight is 549 g/mol. The van der Waals surface area contributed by atoms with Crippen LogP contribution in [0.1, 0.15) is 88.2 Å². The average Bonchev–Trinajstić information content (AvgIpc) is 3.26. The Morgan fingerprint density at radius 3 is 2.48 bits per heavy atom. The normalized spacial score (nSPS) is 21.7. The predicted octanol–water partition coefficient (Wildman–Crippen LogP) is 2.79. The van der Waals surface area contributed by atoms with Crippen molar-refractivity contribution in [3.05, 3.63) is 59.9 Å². The second-order valence-corrected chi connectivity index (χ2v) is 12.3. The van der Waals surface area contributed by atoms with Crippen molar-refractivity contribution >= 4 is 11.8 Å². The molecule has 0 bridgehead atoms. The van der Waals surface area contributed by atoms with E-state index in [4.69, 9.17) is 0 Å². The highest BCUT2D eigenvalue weighted by atomic mass is 16.3. The maximum Gasteiger partial charge on any atom is 0.248 e. The first kappa shape index (κ1) is 27.9. The van der Waals surface area contributed by atoms with Gasteiger partial charge in [-0.15, -0.1) is 5.10 Å². The van der Waals surface area contributed by atoms with Crippen LogP contribution >= 0.6 is 0 Å². The van der Waals surface area contributed by atoms with Crippen molar-refractivity contribution < 1.29 is 14.7 Å². The first-order valence-electron chi connectivity index (χ1n) is 14.2. The summed E-state index contributed by atoms with van der Waals surface area (Å²) in [4.78, 5) is 33.6. The number of rotatable bonds is 9. The number of aliphatic hydroxyl groups excluding tert-OH is 1. The van der Waals surface area contributed by atoms with Crippen molar-refractivity contribution in [1.82, 2.24) is 40.0 Å². The Labute approximate surface area is 235 Å². The quantitative estimate of drug-likeness (QED) is 0.420. The number of nitrogens with zero attached hydrogens (tertiary/aromatic N) is 7. The number of aromatic nitrogens is 6. The van der Waals surface area contributed by atoms with Gasteiger partial charge in [-0.1, -0.05) is 62.7 Å². The zero-order valence-electron chi connectivity index (χ0n) is 23.9. The Balaban J connectivity index is 1.39. The summed E-state index contributed by atoms with van der Waals surface area (Å²) in [7, 11) is 0. The number of likely N-dealkylation sites (tertiary alicyclic amines) is 1. The molecule has 214 valence electrons. The van der Waals surface area contributed by atoms with E-state index in [1.807, 2.05) is 65.1 Å². The maximum absolute atomic E-state index is 14.1. The second-order valence-electron chi connectivity index (χ2n) is 12.3. The Morgan fingerprint density at radius 2 is 1.88 bits per heavy atom. The third-order valence-electron chi connectivity index (χ3n) is 8.00. The van der Waals surface area contributed by atoms with Gasteiger partial charge in [0.2, 0.25) is 11.8 Å². The number of amides is 2. The van der Waals surface area contributed by atoms with E-state index < -0.39 is 23.6 Å². The van der Waals surface area contributed by atoms with Gasteiger partial charge in [0.05, 0.1) is 23.9 Å². The molecule has 40 heavy (non-hydrogen) atoms. The van der Waals surface area contributed by atoms with Crippen LogP contribution in [-0.4, -0.2) is 76.3 Å². The molecule has 2 fully saturated rings. The van der Waals surface area contributed by atoms with E-state index in [2.05, 4.69) is 25.7 Å². The Bertz CT molecular complexity index is 1310. The van der Waals surface area contributed by atoms with E-state index in [1.54, 1.807) is 15.7 Å². The molecule has 11 nitrogen and oxygen atoms in total. The van der Waals surface area contributed by atoms with Gasteiger partial charge in [0.25, 0.3) is 0 Å². The van der Waals surface area contributed by atoms with E-state index >= 15 is 0 Å². The molecule has 0 spiro atoms. The fourth-order valence-corrected chi connectivity index (χ4v) is 5.70. The van der Waals surface area contributed by atoms with Crippen molar-refractivity contribution in [1.29, 1.82) is 0 Å². The van der Waals surface area contributed by atoms with Crippen LogP contribution in [-0.2, 0) is 9.59 Å². The van der Waals surface area contributed by atoms with Gasteiger partial charge in [-0.2, -0.15) is 5.10 Å². The van der Waals surface area contributed by atoms with Crippen LogP contribution in [0.25, 0.3) is 0 Å². The van der Waals surface area contributed by atoms with Gasteiger partial charge < -0.3 is 15.3 Å². The fourth-order valence-electron chi connectivity index (χ4n) is 5.70. The van der Waals surface area contributed by atoms with Crippen molar-refractivity contribution in [3.8, 4) is 0 Å². The third-order valence-corrected chi connectivity index (χ3v) is 8.00. The number of hydrogen-bond acceptors (Lipinski definition) is 7. The van der Waals surface area contributed by atoms with Gasteiger partial charge in [0, 0.05) is 25.1 Å². The maximum atomic E-state index is 14.1. The summed E-state index contributed by atoms with van der Waals surface area (Å²) in [5.74, 6) is -0.121. The molecule has 1 saturated heterocycles. The lowest BCUT2D eigenvalue weighted by Gasteiger charge is -2.35. The van der Waals surface area contributed by atoms with Gasteiger partial charge in [0.15, 0.2) is 0 Å². The number of carbonyl (C=O) groups is 2. The smallest absolute Gasteiger partial charge is 0.248 e. The molecule has 3 heterocycles. The predicted molar refractivity (Wildman–Crippen MR) is 148 cm³/mol. The Hall–Kier alpha value is -3.60. The van der Waals surface area contributed by atoms with Crippen molar-refractivity contribution in [2.24, 2.45) is 5.41 Å². The molecule has 3 aromatic rings. The first-order valence-corrected chi connectivity index (χ1v) is 14.2. The summed E-state index contributed by atoms with van der Waals surface area (Å²) in [6.07, 6.45) is 7.18. The van der Waals surface area contributed by atoms with Crippen molar-refractivity contribution in [3.63, 3.8) is 0 Å². The van der Waals surface area contributed by atoms with E-state index in [1.165, 1.54) is 11.2 Å². The van der Waals surface area contributed by atoms with Crippen LogP contribution in [0.15, 0.2) is 43.1 Å². The Morgan fingerprint density at radius 1 is 1.15 bits per heavy atom. The topological polar surface area (TPSA) is 131 Å². The lowest BCUT2D eigenvalue weighted by Crippen LogP contribution is -2.53. The minimum Gasteiger partial charge on any atom is -0.391 e. The monoisotopic (exact) mass is 548 g/mol. The summed E-state index contributed by atoms with van der Waals surface area (Å²) in [5.41, 5.74) is 2.54. The van der Waals surface area contributed by atoms with E-state index in [9.17, 15) is 14.7 Å². The summed E-state index contributed by atoms with van der Waals surface area (Å²) in [6, 6.07) is 6.07. The van der Waals surface area contributed by atoms with E-state index in [0.29, 0.717) is 12.3 Å². The third kappa shape index (κ3) is 5.79. The molecule has 2 amide bonds. The molecule has 1 saturated carbocycles. The highest BCUT2D eigenvalue weighted by molar-refractivity contribution is 5.90. The summed E-state index contributed by atoms with van der Waals surface area (Å²) < 4.78 is 3.39. The van der Waals surface area contributed by atoms with Gasteiger partial charge in [-0.3, -0.25) is 9.59 Å². The summed E-state index contributed by atoms with van der Waals surface area (Å²) in [6.45, 7) is 10.1. The molecule has 2 aliphatic rings. The molecule has 2 aromatic heterocycles. The highest BCUT2D eigenvalue weighted by Crippen LogP contribution is 2.40. The molecule has 11 heteroatoms. The zero-order valence-corrected chi connectivity index (χ0v) is 23.9. The minimum absolute atomic E-state index is 0.0922. The van der Waals surface area contributed by atoms with Gasteiger partial charge >= 0.3 is 0 Å². The number of aliphatic hydroxyl groups is 1. The van der Waals surface area contributed by atoms with E-state index in [0.717, 1.165) is 29.7 Å². The molecular weight excluding hydrogens is 508 g/mol. The number of β-amino-alcohol motifs (C(OH)–C–C–N with tert-alkyl or cyclic N) is 1. The van der Waals surface area contributed by atoms with Gasteiger partial charge in [0.1, 0.15) is 24.7 Å². The number of aryl methyl sites for hydroxylation is 1. The number of carbonyl (C=O) groups excluding carboxylic acids is 2. The summed E-state index contributed by atoms with van der Waals surface area (Å²) in [5, 5.41) is 26.8. The molecular formula is C29H40N8O3. The zero-order chi connectivity index (χ0) is 28.6. The van der Waals surface area contributed by atoms with Crippen LogP contribution in [0.4, 0.5) is 0 Å². The number of nitrogens with one attached hydrogen (secondary N) is 1. The minimum atomic E-state index is -0.803. The molecule has 2 N–H and O–H groups in total. The second kappa shape index (κ2) is 11.1. The molecule has 4 unspecified atom stereocenters. The van der Waals surface area contributed by atoms with Gasteiger partial charge in [-0.25, -0.2) is 14.3 Å². The van der Waals surface area contributed by atoms with Crippen LogP contribution in [0, 0.1) is 12.3 Å². The highest BCUT2D eigenvalue weighted by Gasteiger charge is 2.46. The van der Waals surface area contributed by atoms with Crippen LogP contribution < -0.4 is 5.32 Å². The first-order chi connectivity index (χ1) is 19.1. The largest absolute Gasteiger partial charge is 0.391 e. The number of benzene rings is 1. The van der Waals surface area contributed by atoms with Gasteiger partial charge in [-0.05, 0) is 37.2 Å². The molecule has 5 rings (SSSR count). The SMILES string of the molecule is CCC(NC(=O)C1CC(O)CN1C(=O)[C@@H](n1cc(C2CC2)nn1)C(C)(C)C)C(c1ccc(C)cc1)n1cncn1. The van der Waals surface area contributed by atoms with Crippen LogP contribution in [0.2, 0.25) is 0 Å². The van der Waals surface area contributed by atoms with Crippen molar-refractivity contribution in [2.75, 3.05) is 6.54 Å². The fraction of sp³-hybridized carbons (Fsp3) is 0.586. The Kier molecular flexibility index (Phi) is 7.76. The summed E-state index contributed by atoms with van der Waals surface area (Å²) >= 11 is 0.